The fourth-order valence-electron chi connectivity index (χ4n) is 2.34. The van der Waals surface area contributed by atoms with E-state index in [4.69, 9.17) is 4.42 Å². The molecule has 0 saturated carbocycles. The molecule has 3 rings (SSSR count). The SMILES string of the molecule is CC(C(=O)Nc1ccc(NC(=O)CCc2ccco2)cc1)n1cncn1. The maximum absolute atomic E-state index is 12.2. The molecule has 134 valence electrons. The summed E-state index contributed by atoms with van der Waals surface area (Å²) in [4.78, 5) is 28.0. The van der Waals surface area contributed by atoms with E-state index in [0.717, 1.165) is 5.76 Å². The Labute approximate surface area is 150 Å². The van der Waals surface area contributed by atoms with Crippen LogP contribution in [0.2, 0.25) is 0 Å². The van der Waals surface area contributed by atoms with E-state index in [9.17, 15) is 9.59 Å². The number of aryl methyl sites for hydroxylation is 1. The van der Waals surface area contributed by atoms with Gasteiger partial charge in [0.15, 0.2) is 0 Å². The largest absolute Gasteiger partial charge is 0.469 e. The van der Waals surface area contributed by atoms with Gasteiger partial charge in [-0.05, 0) is 43.3 Å². The highest BCUT2D eigenvalue weighted by Gasteiger charge is 2.15. The molecule has 0 aliphatic heterocycles. The number of carbonyl (C=O) groups excluding carboxylic acids is 2. The van der Waals surface area contributed by atoms with Gasteiger partial charge >= 0.3 is 0 Å². The van der Waals surface area contributed by atoms with Crippen molar-refractivity contribution in [2.75, 3.05) is 10.6 Å². The van der Waals surface area contributed by atoms with Gasteiger partial charge < -0.3 is 15.1 Å². The van der Waals surface area contributed by atoms with E-state index in [1.807, 2.05) is 6.07 Å². The van der Waals surface area contributed by atoms with Crippen LogP contribution in [0.15, 0.2) is 59.7 Å². The lowest BCUT2D eigenvalue weighted by Crippen LogP contribution is -2.24. The minimum Gasteiger partial charge on any atom is -0.469 e. The van der Waals surface area contributed by atoms with Crippen LogP contribution in [0.25, 0.3) is 0 Å². The molecule has 0 fully saturated rings. The first-order valence-corrected chi connectivity index (χ1v) is 8.19. The molecule has 2 amide bonds. The average Bonchev–Trinajstić information content (AvgIpc) is 3.35. The number of hydrogen-bond acceptors (Lipinski definition) is 5. The molecule has 0 radical (unpaired) electrons. The van der Waals surface area contributed by atoms with Crippen LogP contribution < -0.4 is 10.6 Å². The molecule has 1 atom stereocenters. The van der Waals surface area contributed by atoms with E-state index in [2.05, 4.69) is 20.7 Å². The van der Waals surface area contributed by atoms with Crippen LogP contribution in [0.4, 0.5) is 11.4 Å². The van der Waals surface area contributed by atoms with Crippen LogP contribution in [-0.4, -0.2) is 26.6 Å². The molecule has 2 heterocycles. The van der Waals surface area contributed by atoms with E-state index >= 15 is 0 Å². The second-order valence-electron chi connectivity index (χ2n) is 5.75. The van der Waals surface area contributed by atoms with Crippen molar-refractivity contribution in [2.45, 2.75) is 25.8 Å². The molecule has 3 aromatic rings. The van der Waals surface area contributed by atoms with E-state index in [0.29, 0.717) is 24.2 Å². The minimum atomic E-state index is -0.474. The van der Waals surface area contributed by atoms with Crippen molar-refractivity contribution in [1.82, 2.24) is 14.8 Å². The Kier molecular flexibility index (Phi) is 5.43. The van der Waals surface area contributed by atoms with Crippen LogP contribution in [0.3, 0.4) is 0 Å². The number of benzene rings is 1. The van der Waals surface area contributed by atoms with Gasteiger partial charge in [-0.1, -0.05) is 0 Å². The zero-order chi connectivity index (χ0) is 18.4. The highest BCUT2D eigenvalue weighted by molar-refractivity contribution is 5.94. The Morgan fingerprint density at radius 1 is 1.15 bits per heavy atom. The van der Waals surface area contributed by atoms with Gasteiger partial charge in [0.1, 0.15) is 24.5 Å². The van der Waals surface area contributed by atoms with E-state index in [1.54, 1.807) is 43.5 Å². The van der Waals surface area contributed by atoms with Crippen molar-refractivity contribution in [3.8, 4) is 0 Å². The lowest BCUT2D eigenvalue weighted by atomic mass is 10.2. The summed E-state index contributed by atoms with van der Waals surface area (Å²) in [5.74, 6) is 0.475. The molecule has 8 heteroatoms. The molecule has 0 spiro atoms. The van der Waals surface area contributed by atoms with E-state index in [-0.39, 0.29) is 11.8 Å². The summed E-state index contributed by atoms with van der Waals surface area (Å²) in [6.45, 7) is 1.73. The number of nitrogens with one attached hydrogen (secondary N) is 2. The molecule has 0 saturated heterocycles. The summed E-state index contributed by atoms with van der Waals surface area (Å²) in [5.41, 5.74) is 1.30. The number of anilines is 2. The number of carbonyl (C=O) groups is 2. The van der Waals surface area contributed by atoms with Gasteiger partial charge in [0.25, 0.3) is 0 Å². The van der Waals surface area contributed by atoms with Gasteiger partial charge in [0, 0.05) is 24.2 Å². The van der Waals surface area contributed by atoms with E-state index < -0.39 is 6.04 Å². The predicted octanol–water partition coefficient (Wildman–Crippen LogP) is 2.64. The number of furan rings is 1. The van der Waals surface area contributed by atoms with Crippen LogP contribution in [0.5, 0.6) is 0 Å². The highest BCUT2D eigenvalue weighted by Crippen LogP contribution is 2.16. The molecule has 2 N–H and O–H groups in total. The molecule has 0 aliphatic rings. The van der Waals surface area contributed by atoms with Crippen molar-refractivity contribution in [1.29, 1.82) is 0 Å². The molecule has 1 aromatic carbocycles. The first kappa shape index (κ1) is 17.4. The lowest BCUT2D eigenvalue weighted by molar-refractivity contribution is -0.119. The van der Waals surface area contributed by atoms with Gasteiger partial charge in [-0.3, -0.25) is 9.59 Å². The fourth-order valence-corrected chi connectivity index (χ4v) is 2.34. The standard InChI is InChI=1S/C18H19N5O3/c1-13(23-12-19-11-20-23)18(25)22-15-6-4-14(5-7-15)21-17(24)9-8-16-3-2-10-26-16/h2-7,10-13H,8-9H2,1H3,(H,21,24)(H,22,25). The molecule has 0 aliphatic carbocycles. The second kappa shape index (κ2) is 8.11. The molecule has 1 unspecified atom stereocenters. The zero-order valence-corrected chi connectivity index (χ0v) is 14.3. The third-order valence-corrected chi connectivity index (χ3v) is 3.83. The van der Waals surface area contributed by atoms with Crippen LogP contribution in [0.1, 0.15) is 25.1 Å². The average molecular weight is 353 g/mol. The van der Waals surface area contributed by atoms with Crippen LogP contribution >= 0.6 is 0 Å². The molecular formula is C18H19N5O3. The monoisotopic (exact) mass is 353 g/mol. The van der Waals surface area contributed by atoms with Gasteiger partial charge in [0.05, 0.1) is 6.26 Å². The highest BCUT2D eigenvalue weighted by atomic mass is 16.3. The summed E-state index contributed by atoms with van der Waals surface area (Å²) >= 11 is 0. The van der Waals surface area contributed by atoms with Gasteiger partial charge in [0.2, 0.25) is 11.8 Å². The summed E-state index contributed by atoms with van der Waals surface area (Å²) in [5, 5.41) is 9.57. The predicted molar refractivity (Wildman–Crippen MR) is 95.5 cm³/mol. The third-order valence-electron chi connectivity index (χ3n) is 3.83. The van der Waals surface area contributed by atoms with E-state index in [1.165, 1.54) is 17.3 Å². The molecule has 0 bridgehead atoms. The maximum Gasteiger partial charge on any atom is 0.249 e. The van der Waals surface area contributed by atoms with Crippen molar-refractivity contribution < 1.29 is 14.0 Å². The Hall–Kier alpha value is -3.42. The molecule has 8 nitrogen and oxygen atoms in total. The zero-order valence-electron chi connectivity index (χ0n) is 14.3. The lowest BCUT2D eigenvalue weighted by Gasteiger charge is -2.12. The van der Waals surface area contributed by atoms with Gasteiger partial charge in [-0.25, -0.2) is 9.67 Å². The topological polar surface area (TPSA) is 102 Å². The summed E-state index contributed by atoms with van der Waals surface area (Å²) in [6, 6.07) is 10.1. The van der Waals surface area contributed by atoms with Gasteiger partial charge in [-0.15, -0.1) is 0 Å². The molecular weight excluding hydrogens is 334 g/mol. The van der Waals surface area contributed by atoms with Crippen LogP contribution in [0, 0.1) is 0 Å². The van der Waals surface area contributed by atoms with Crippen molar-refractivity contribution in [3.05, 3.63) is 61.1 Å². The number of nitrogens with zero attached hydrogens (tertiary/aromatic N) is 3. The smallest absolute Gasteiger partial charge is 0.249 e. The molecule has 26 heavy (non-hydrogen) atoms. The van der Waals surface area contributed by atoms with Crippen molar-refractivity contribution in [2.24, 2.45) is 0 Å². The number of rotatable bonds is 7. The Morgan fingerprint density at radius 3 is 2.50 bits per heavy atom. The Morgan fingerprint density at radius 2 is 1.88 bits per heavy atom. The quantitative estimate of drug-likeness (QED) is 0.680. The van der Waals surface area contributed by atoms with Gasteiger partial charge in [-0.2, -0.15) is 5.10 Å². The first-order chi connectivity index (χ1) is 12.6. The Bertz CT molecular complexity index is 842. The normalized spacial score (nSPS) is 11.7. The maximum atomic E-state index is 12.2. The molecule has 2 aromatic heterocycles. The van der Waals surface area contributed by atoms with Crippen molar-refractivity contribution >= 4 is 23.2 Å². The summed E-state index contributed by atoms with van der Waals surface area (Å²) in [6.07, 6.45) is 5.34. The summed E-state index contributed by atoms with van der Waals surface area (Å²) < 4.78 is 6.68. The Balaban J connectivity index is 1.50. The van der Waals surface area contributed by atoms with Crippen LogP contribution in [-0.2, 0) is 16.0 Å². The summed E-state index contributed by atoms with van der Waals surface area (Å²) in [7, 11) is 0. The third kappa shape index (κ3) is 4.56. The van der Waals surface area contributed by atoms with Crippen molar-refractivity contribution in [3.63, 3.8) is 0 Å². The number of aromatic nitrogens is 3. The number of amides is 2. The minimum absolute atomic E-state index is 0.0991. The number of hydrogen-bond donors (Lipinski definition) is 2. The first-order valence-electron chi connectivity index (χ1n) is 8.19. The second-order valence-corrected chi connectivity index (χ2v) is 5.75. The fraction of sp³-hybridized carbons (Fsp3) is 0.222.